The van der Waals surface area contributed by atoms with Crippen molar-refractivity contribution >= 4 is 5.91 Å². The largest absolute Gasteiger partial charge is 0.496 e. The van der Waals surface area contributed by atoms with Gasteiger partial charge in [-0.25, -0.2) is 0 Å². The van der Waals surface area contributed by atoms with Gasteiger partial charge in [0, 0.05) is 49.7 Å². The third-order valence-corrected chi connectivity index (χ3v) is 10.1. The maximum absolute atomic E-state index is 14.7. The van der Waals surface area contributed by atoms with Crippen LogP contribution in [0.2, 0.25) is 0 Å². The van der Waals surface area contributed by atoms with Gasteiger partial charge < -0.3 is 20.3 Å². The SMILES string of the molecule is COc1ccc(C)c2c1CNC[C@]21CNCC1C(=O)N1CC[C@@H](c2ccccc2)C[C@H]1C1CCCCC1. The van der Waals surface area contributed by atoms with E-state index in [4.69, 9.17) is 4.74 Å². The van der Waals surface area contributed by atoms with Crippen molar-refractivity contribution in [3.05, 3.63) is 64.7 Å². The fraction of sp³-hybridized carbons (Fsp3) is 0.594. The summed E-state index contributed by atoms with van der Waals surface area (Å²) in [5.74, 6) is 2.45. The van der Waals surface area contributed by atoms with Crippen LogP contribution in [0, 0.1) is 18.8 Å². The van der Waals surface area contributed by atoms with Gasteiger partial charge in [-0.3, -0.25) is 4.79 Å². The topological polar surface area (TPSA) is 53.6 Å². The van der Waals surface area contributed by atoms with Gasteiger partial charge in [-0.1, -0.05) is 55.7 Å². The minimum Gasteiger partial charge on any atom is -0.496 e. The van der Waals surface area contributed by atoms with Gasteiger partial charge in [-0.05, 0) is 67.2 Å². The Kier molecular flexibility index (Phi) is 7.02. The van der Waals surface area contributed by atoms with Gasteiger partial charge in [0.25, 0.3) is 0 Å². The Balaban J connectivity index is 1.33. The average molecular weight is 502 g/mol. The lowest BCUT2D eigenvalue weighted by atomic mass is 9.66. The van der Waals surface area contributed by atoms with Gasteiger partial charge in [0.1, 0.15) is 5.75 Å². The van der Waals surface area contributed by atoms with E-state index in [9.17, 15) is 4.79 Å². The molecule has 1 unspecified atom stereocenters. The molecule has 1 aliphatic carbocycles. The number of hydrogen-bond acceptors (Lipinski definition) is 4. The van der Waals surface area contributed by atoms with E-state index in [0.717, 1.165) is 51.3 Å². The van der Waals surface area contributed by atoms with Crippen LogP contribution in [-0.2, 0) is 16.8 Å². The van der Waals surface area contributed by atoms with Crippen LogP contribution in [0.5, 0.6) is 5.75 Å². The summed E-state index contributed by atoms with van der Waals surface area (Å²) >= 11 is 0. The Hall–Kier alpha value is -2.37. The predicted molar refractivity (Wildman–Crippen MR) is 148 cm³/mol. The Morgan fingerprint density at radius 2 is 1.78 bits per heavy atom. The molecule has 4 aliphatic rings. The quantitative estimate of drug-likeness (QED) is 0.625. The van der Waals surface area contributed by atoms with Crippen LogP contribution in [0.3, 0.4) is 0 Å². The van der Waals surface area contributed by atoms with Crippen LogP contribution < -0.4 is 15.4 Å². The number of benzene rings is 2. The molecule has 0 radical (unpaired) electrons. The number of carbonyl (C=O) groups excluding carboxylic acids is 1. The molecular weight excluding hydrogens is 458 g/mol. The normalized spacial score (nSPS) is 30.3. The first-order chi connectivity index (χ1) is 18.1. The molecule has 3 fully saturated rings. The maximum atomic E-state index is 14.7. The number of methoxy groups -OCH3 is 1. The standard InChI is InChI=1S/C32H43N3O2/c1-22-13-14-29(37-2)26-18-33-20-32(30(22)26)21-34-19-27(32)31(36)35-16-15-25(23-9-5-3-6-10-23)17-28(35)24-11-7-4-8-12-24/h3,5-6,9-10,13-14,24-25,27-28,33-34H,4,7-8,11-12,15-21H2,1-2H3/t25-,27?,28+,32-/m1/s1. The molecule has 37 heavy (non-hydrogen) atoms. The molecule has 3 aliphatic heterocycles. The Morgan fingerprint density at radius 3 is 2.57 bits per heavy atom. The predicted octanol–water partition coefficient (Wildman–Crippen LogP) is 4.92. The van der Waals surface area contributed by atoms with E-state index in [2.05, 4.69) is 64.9 Å². The Morgan fingerprint density at radius 1 is 1.00 bits per heavy atom. The van der Waals surface area contributed by atoms with E-state index < -0.39 is 0 Å². The number of aryl methyl sites for hydroxylation is 1. The highest BCUT2D eigenvalue weighted by Gasteiger charge is 2.53. The summed E-state index contributed by atoms with van der Waals surface area (Å²) in [5.41, 5.74) is 5.09. The second-order valence-electron chi connectivity index (χ2n) is 12.0. The van der Waals surface area contributed by atoms with Gasteiger partial charge in [0.2, 0.25) is 5.91 Å². The van der Waals surface area contributed by atoms with Crippen molar-refractivity contribution in [3.8, 4) is 5.75 Å². The molecule has 1 amide bonds. The molecule has 2 N–H and O–H groups in total. The molecule has 5 nitrogen and oxygen atoms in total. The lowest BCUT2D eigenvalue weighted by molar-refractivity contribution is -0.142. The van der Waals surface area contributed by atoms with E-state index in [0.29, 0.717) is 23.8 Å². The highest BCUT2D eigenvalue weighted by Crippen LogP contribution is 2.46. The molecule has 2 saturated heterocycles. The van der Waals surface area contributed by atoms with Crippen LogP contribution >= 0.6 is 0 Å². The molecule has 2 aromatic rings. The summed E-state index contributed by atoms with van der Waals surface area (Å²) in [4.78, 5) is 17.0. The van der Waals surface area contributed by atoms with Gasteiger partial charge in [-0.2, -0.15) is 0 Å². The van der Waals surface area contributed by atoms with E-state index in [-0.39, 0.29) is 11.3 Å². The Labute approximate surface area is 222 Å². The lowest BCUT2D eigenvalue weighted by Crippen LogP contribution is -2.57. The monoisotopic (exact) mass is 501 g/mol. The minimum absolute atomic E-state index is 0.0516. The first-order valence-electron chi connectivity index (χ1n) is 14.6. The van der Waals surface area contributed by atoms with Crippen molar-refractivity contribution in [3.63, 3.8) is 0 Å². The number of nitrogens with zero attached hydrogens (tertiary/aromatic N) is 1. The molecule has 3 heterocycles. The molecular formula is C32H43N3O2. The zero-order valence-electron chi connectivity index (χ0n) is 22.6. The summed E-state index contributed by atoms with van der Waals surface area (Å²) in [5, 5.41) is 7.34. The molecule has 5 heteroatoms. The lowest BCUT2D eigenvalue weighted by Gasteiger charge is -2.48. The third kappa shape index (κ3) is 4.38. The average Bonchev–Trinajstić information content (AvgIpc) is 3.37. The van der Waals surface area contributed by atoms with Crippen molar-refractivity contribution in [1.82, 2.24) is 15.5 Å². The summed E-state index contributed by atoms with van der Waals surface area (Å²) < 4.78 is 5.78. The molecule has 6 rings (SSSR count). The maximum Gasteiger partial charge on any atom is 0.228 e. The van der Waals surface area contributed by atoms with Crippen LogP contribution in [0.15, 0.2) is 42.5 Å². The molecule has 0 aromatic heterocycles. The van der Waals surface area contributed by atoms with Crippen molar-refractivity contribution < 1.29 is 9.53 Å². The first kappa shape index (κ1) is 24.9. The number of hydrogen-bond donors (Lipinski definition) is 2. The van der Waals surface area contributed by atoms with E-state index >= 15 is 0 Å². The number of likely N-dealkylation sites (tertiary alicyclic amines) is 1. The number of carbonyl (C=O) groups is 1. The van der Waals surface area contributed by atoms with E-state index in [1.807, 2.05) is 0 Å². The highest BCUT2D eigenvalue weighted by molar-refractivity contribution is 5.83. The summed E-state index contributed by atoms with van der Waals surface area (Å²) in [7, 11) is 1.76. The second-order valence-corrected chi connectivity index (χ2v) is 12.0. The number of amides is 1. The molecule has 1 spiro atoms. The van der Waals surface area contributed by atoms with Crippen LogP contribution in [0.4, 0.5) is 0 Å². The van der Waals surface area contributed by atoms with Crippen molar-refractivity contribution in [2.75, 3.05) is 33.3 Å². The fourth-order valence-corrected chi connectivity index (χ4v) is 8.30. The van der Waals surface area contributed by atoms with Crippen LogP contribution in [-0.4, -0.2) is 50.1 Å². The van der Waals surface area contributed by atoms with Gasteiger partial charge in [0.05, 0.1) is 13.0 Å². The summed E-state index contributed by atoms with van der Waals surface area (Å²) in [6.45, 7) is 6.32. The number of rotatable bonds is 4. The highest BCUT2D eigenvalue weighted by atomic mass is 16.5. The minimum atomic E-state index is -0.226. The number of piperidine rings is 1. The summed E-state index contributed by atoms with van der Waals surface area (Å²) in [6, 6.07) is 15.6. The van der Waals surface area contributed by atoms with Gasteiger partial charge >= 0.3 is 0 Å². The van der Waals surface area contributed by atoms with Crippen LogP contribution in [0.25, 0.3) is 0 Å². The zero-order valence-corrected chi connectivity index (χ0v) is 22.6. The molecule has 1 saturated carbocycles. The Bertz CT molecular complexity index is 1110. The zero-order chi connectivity index (χ0) is 25.4. The molecule has 0 bridgehead atoms. The second kappa shape index (κ2) is 10.4. The number of nitrogens with one attached hydrogen (secondary N) is 2. The molecule has 4 atom stereocenters. The molecule has 198 valence electrons. The van der Waals surface area contributed by atoms with Crippen molar-refractivity contribution in [2.45, 2.75) is 75.8 Å². The summed E-state index contributed by atoms with van der Waals surface area (Å²) in [6.07, 6.45) is 8.67. The first-order valence-corrected chi connectivity index (χ1v) is 14.6. The van der Waals surface area contributed by atoms with Gasteiger partial charge in [0.15, 0.2) is 0 Å². The third-order valence-electron chi connectivity index (χ3n) is 10.1. The molecule has 2 aromatic carbocycles. The number of ether oxygens (including phenoxy) is 1. The fourth-order valence-electron chi connectivity index (χ4n) is 8.30. The van der Waals surface area contributed by atoms with Crippen molar-refractivity contribution in [1.29, 1.82) is 0 Å². The smallest absolute Gasteiger partial charge is 0.228 e. The number of fused-ring (bicyclic) bond motifs is 2. The van der Waals surface area contributed by atoms with E-state index in [1.54, 1.807) is 7.11 Å². The van der Waals surface area contributed by atoms with Crippen molar-refractivity contribution in [2.24, 2.45) is 11.8 Å². The van der Waals surface area contributed by atoms with Crippen LogP contribution in [0.1, 0.15) is 73.1 Å². The van der Waals surface area contributed by atoms with E-state index in [1.165, 1.54) is 54.4 Å². The van der Waals surface area contributed by atoms with Gasteiger partial charge in [-0.15, -0.1) is 0 Å².